The summed E-state index contributed by atoms with van der Waals surface area (Å²) in [6, 6.07) is 20.3. The fourth-order valence-electron chi connectivity index (χ4n) is 2.93. The molecule has 2 aromatic carbocycles. The number of guanidine groups is 1. The Hall–Kier alpha value is -1.64. The molecule has 0 amide bonds. The van der Waals surface area contributed by atoms with E-state index in [2.05, 4.69) is 58.9 Å². The summed E-state index contributed by atoms with van der Waals surface area (Å²) in [4.78, 5) is 6.80. The van der Waals surface area contributed by atoms with Crippen molar-refractivity contribution in [2.24, 2.45) is 4.99 Å². The van der Waals surface area contributed by atoms with Crippen LogP contribution in [-0.4, -0.2) is 49.7 Å². The van der Waals surface area contributed by atoms with Gasteiger partial charge in [-0.1, -0.05) is 60.7 Å². The van der Waals surface area contributed by atoms with Crippen molar-refractivity contribution >= 4 is 29.9 Å². The number of nitrogens with zero attached hydrogens (tertiary/aromatic N) is 2. The average Bonchev–Trinajstić information content (AvgIpc) is 2.67. The number of likely N-dealkylation sites (N-methyl/N-ethyl adjacent to an activating group) is 1. The highest BCUT2D eigenvalue weighted by molar-refractivity contribution is 14.0. The molecular weight excluding hydrogens is 463 g/mol. The molecule has 3 N–H and O–H groups in total. The van der Waals surface area contributed by atoms with E-state index < -0.39 is 5.60 Å². The first-order valence-electron chi connectivity index (χ1n) is 9.45. The van der Waals surface area contributed by atoms with Gasteiger partial charge in [0.25, 0.3) is 0 Å². The lowest BCUT2D eigenvalue weighted by Crippen LogP contribution is -2.42. The Morgan fingerprint density at radius 3 is 2.14 bits per heavy atom. The van der Waals surface area contributed by atoms with Gasteiger partial charge in [-0.2, -0.15) is 0 Å². The summed E-state index contributed by atoms with van der Waals surface area (Å²) in [5, 5.41) is 17.4. The lowest BCUT2D eigenvalue weighted by atomic mass is 9.96. The molecule has 2 aromatic rings. The summed E-state index contributed by atoms with van der Waals surface area (Å²) in [5.41, 5.74) is 1.10. The second-order valence-corrected chi connectivity index (χ2v) is 7.11. The third kappa shape index (κ3) is 7.41. The van der Waals surface area contributed by atoms with Crippen molar-refractivity contribution < 1.29 is 5.11 Å². The van der Waals surface area contributed by atoms with Crippen molar-refractivity contribution in [2.45, 2.75) is 25.5 Å². The predicted molar refractivity (Wildman–Crippen MR) is 128 cm³/mol. The van der Waals surface area contributed by atoms with Gasteiger partial charge in [-0.05, 0) is 39.1 Å². The lowest BCUT2D eigenvalue weighted by molar-refractivity contribution is 0.0672. The molecule has 5 nitrogen and oxygen atoms in total. The maximum atomic E-state index is 10.8. The summed E-state index contributed by atoms with van der Waals surface area (Å²) < 4.78 is 0. The van der Waals surface area contributed by atoms with Crippen molar-refractivity contribution in [2.75, 3.05) is 33.7 Å². The van der Waals surface area contributed by atoms with Crippen molar-refractivity contribution in [3.8, 4) is 0 Å². The van der Waals surface area contributed by atoms with Gasteiger partial charge in [0.1, 0.15) is 5.60 Å². The minimum atomic E-state index is -1.01. The van der Waals surface area contributed by atoms with Crippen LogP contribution in [0.15, 0.2) is 65.7 Å². The fraction of sp³-hybridized carbons (Fsp3) is 0.409. The van der Waals surface area contributed by atoms with Crippen molar-refractivity contribution in [1.29, 1.82) is 0 Å². The number of halogens is 1. The summed E-state index contributed by atoms with van der Waals surface area (Å²) in [7, 11) is 4.15. The van der Waals surface area contributed by atoms with Gasteiger partial charge in [0, 0.05) is 13.1 Å². The molecule has 0 fully saturated rings. The summed E-state index contributed by atoms with van der Waals surface area (Å²) in [5.74, 6) is 0.705. The molecule has 0 saturated carbocycles. The highest BCUT2D eigenvalue weighted by Gasteiger charge is 2.22. The standard InChI is InChI=1S/C22H32N4O.HI/c1-5-23-21(25-17-22(2,27)19-14-10-7-11-15-19)24-16-20(26(3)4)18-12-8-6-9-13-18;/h6-15,20,27H,5,16-17H2,1-4H3,(H2,23,24,25);1H. The normalized spacial score (nSPS) is 14.7. The van der Waals surface area contributed by atoms with Crippen molar-refractivity contribution in [3.63, 3.8) is 0 Å². The Bertz CT molecular complexity index is 705. The minimum Gasteiger partial charge on any atom is -0.384 e. The molecule has 2 rings (SSSR count). The van der Waals surface area contributed by atoms with Crippen LogP contribution >= 0.6 is 24.0 Å². The van der Waals surface area contributed by atoms with E-state index in [1.54, 1.807) is 6.92 Å². The fourth-order valence-corrected chi connectivity index (χ4v) is 2.93. The monoisotopic (exact) mass is 496 g/mol. The number of aliphatic imine (C=N–C) groups is 1. The molecule has 154 valence electrons. The van der Waals surface area contributed by atoms with Gasteiger partial charge in [0.15, 0.2) is 5.96 Å². The largest absolute Gasteiger partial charge is 0.384 e. The smallest absolute Gasteiger partial charge is 0.191 e. The van der Waals surface area contributed by atoms with E-state index in [4.69, 9.17) is 0 Å². The Morgan fingerprint density at radius 2 is 1.61 bits per heavy atom. The predicted octanol–water partition coefficient (Wildman–Crippen LogP) is 3.37. The van der Waals surface area contributed by atoms with Gasteiger partial charge < -0.3 is 20.6 Å². The van der Waals surface area contributed by atoms with Gasteiger partial charge in [0.2, 0.25) is 0 Å². The number of benzene rings is 2. The molecule has 0 aliphatic carbocycles. The van der Waals surface area contributed by atoms with Crippen LogP contribution in [0.25, 0.3) is 0 Å². The molecule has 2 unspecified atom stereocenters. The van der Waals surface area contributed by atoms with Crippen LogP contribution in [0.2, 0.25) is 0 Å². The van der Waals surface area contributed by atoms with Gasteiger partial charge >= 0.3 is 0 Å². The third-order valence-electron chi connectivity index (χ3n) is 4.56. The van der Waals surface area contributed by atoms with Crippen LogP contribution in [0.1, 0.15) is 31.0 Å². The van der Waals surface area contributed by atoms with Gasteiger partial charge in [-0.25, -0.2) is 4.99 Å². The number of nitrogens with one attached hydrogen (secondary N) is 2. The first kappa shape index (κ1) is 24.4. The molecule has 0 bridgehead atoms. The van der Waals surface area contributed by atoms with Crippen LogP contribution in [0, 0.1) is 0 Å². The summed E-state index contributed by atoms with van der Waals surface area (Å²) in [6.45, 7) is 5.59. The lowest BCUT2D eigenvalue weighted by Gasteiger charge is -2.27. The highest BCUT2D eigenvalue weighted by Crippen LogP contribution is 2.20. The zero-order valence-electron chi connectivity index (χ0n) is 17.2. The second-order valence-electron chi connectivity index (χ2n) is 7.11. The van der Waals surface area contributed by atoms with Gasteiger partial charge in [-0.15, -0.1) is 24.0 Å². The minimum absolute atomic E-state index is 0. The number of hydrogen-bond donors (Lipinski definition) is 3. The van der Waals surface area contributed by atoms with E-state index in [9.17, 15) is 5.11 Å². The van der Waals surface area contributed by atoms with E-state index >= 15 is 0 Å². The maximum Gasteiger partial charge on any atom is 0.191 e. The Kier molecular flexibility index (Phi) is 10.5. The Morgan fingerprint density at radius 1 is 1.04 bits per heavy atom. The summed E-state index contributed by atoms with van der Waals surface area (Å²) >= 11 is 0. The molecule has 0 spiro atoms. The molecule has 0 aromatic heterocycles. The van der Waals surface area contributed by atoms with Crippen LogP contribution in [-0.2, 0) is 5.60 Å². The van der Waals surface area contributed by atoms with Crippen molar-refractivity contribution in [1.82, 2.24) is 15.5 Å². The van der Waals surface area contributed by atoms with E-state index in [0.29, 0.717) is 5.96 Å². The number of rotatable bonds is 8. The van der Waals surface area contributed by atoms with E-state index in [1.807, 2.05) is 43.3 Å². The highest BCUT2D eigenvalue weighted by atomic mass is 127. The molecular formula is C22H33IN4O. The average molecular weight is 496 g/mol. The molecule has 0 aliphatic rings. The Labute approximate surface area is 186 Å². The molecule has 0 heterocycles. The summed E-state index contributed by atoms with van der Waals surface area (Å²) in [6.07, 6.45) is 0. The van der Waals surface area contributed by atoms with Crippen LogP contribution < -0.4 is 10.6 Å². The van der Waals surface area contributed by atoms with Crippen LogP contribution in [0.5, 0.6) is 0 Å². The molecule has 0 saturated heterocycles. The first-order valence-corrected chi connectivity index (χ1v) is 9.45. The zero-order chi connectivity index (χ0) is 19.7. The van der Waals surface area contributed by atoms with E-state index in [1.165, 1.54) is 5.56 Å². The molecule has 6 heteroatoms. The maximum absolute atomic E-state index is 10.8. The molecule has 0 aliphatic heterocycles. The number of hydrogen-bond acceptors (Lipinski definition) is 3. The van der Waals surface area contributed by atoms with Gasteiger partial charge in [-0.3, -0.25) is 0 Å². The molecule has 0 radical (unpaired) electrons. The number of aliphatic hydroxyl groups is 1. The SMILES string of the molecule is CCNC(=NCC(C)(O)c1ccccc1)NCC(c1ccccc1)N(C)C.I. The molecule has 2 atom stereocenters. The zero-order valence-corrected chi connectivity index (χ0v) is 19.6. The van der Waals surface area contributed by atoms with Crippen molar-refractivity contribution in [3.05, 3.63) is 71.8 Å². The van der Waals surface area contributed by atoms with Gasteiger partial charge in [0.05, 0.1) is 12.6 Å². The first-order chi connectivity index (χ1) is 12.9. The van der Waals surface area contributed by atoms with E-state index in [0.717, 1.165) is 18.7 Å². The van der Waals surface area contributed by atoms with Crippen LogP contribution in [0.4, 0.5) is 0 Å². The molecule has 28 heavy (non-hydrogen) atoms. The third-order valence-corrected chi connectivity index (χ3v) is 4.56. The van der Waals surface area contributed by atoms with E-state index in [-0.39, 0.29) is 36.6 Å². The Balaban J connectivity index is 0.00000392. The quantitative estimate of drug-likeness (QED) is 0.298. The van der Waals surface area contributed by atoms with Crippen LogP contribution in [0.3, 0.4) is 0 Å². The topological polar surface area (TPSA) is 59.9 Å². The second kappa shape index (κ2) is 12.0.